The van der Waals surface area contributed by atoms with Crippen LogP contribution in [0.4, 0.5) is 0 Å². The number of benzene rings is 1. The summed E-state index contributed by atoms with van der Waals surface area (Å²) < 4.78 is 0.225. The first-order chi connectivity index (χ1) is 19.4. The molecule has 0 unspecified atom stereocenters. The first kappa shape index (κ1) is 37.4. The molecule has 0 aromatic heterocycles. The second kappa shape index (κ2) is 24.9. The maximum atomic E-state index is 13.5. The van der Waals surface area contributed by atoms with E-state index in [9.17, 15) is 5.11 Å². The molecule has 0 saturated carbocycles. The quantitative estimate of drug-likeness (QED) is 0.0721. The van der Waals surface area contributed by atoms with E-state index in [4.69, 9.17) is 0 Å². The molecule has 0 N–H and O–H groups in total. The number of aryl methyl sites for hydroxylation is 2. The molecule has 1 nitrogen and oxygen atoms in total. The molecule has 0 spiro atoms. The topological polar surface area (TPSA) is 19.9 Å². The van der Waals surface area contributed by atoms with Gasteiger partial charge in [-0.15, -0.1) is 11.8 Å². The van der Waals surface area contributed by atoms with E-state index in [-0.39, 0.29) is 4.75 Å². The summed E-state index contributed by atoms with van der Waals surface area (Å²) in [7, 11) is 0. The van der Waals surface area contributed by atoms with Crippen LogP contribution in [0.1, 0.15) is 200 Å². The molecule has 0 heterocycles. The Labute approximate surface area is 256 Å². The molecule has 1 rings (SSSR count). The summed E-state index contributed by atoms with van der Waals surface area (Å²) in [6.07, 6.45) is 34.0. The monoisotopic (exact) mass is 574 g/mol. The minimum absolute atomic E-state index is 0.225. The van der Waals surface area contributed by atoms with Crippen molar-refractivity contribution in [3.8, 4) is 5.75 Å². The Morgan fingerprint density at radius 1 is 0.500 bits per heavy atom. The van der Waals surface area contributed by atoms with E-state index >= 15 is 0 Å². The Kier molecular flexibility index (Phi) is 23.3. The first-order valence-electron chi connectivity index (χ1n) is 17.9. The van der Waals surface area contributed by atoms with E-state index in [0.29, 0.717) is 5.75 Å². The van der Waals surface area contributed by atoms with Gasteiger partial charge in [-0.2, -0.15) is 0 Å². The molecular weight excluding hydrogens is 504 g/mol. The van der Waals surface area contributed by atoms with E-state index in [0.717, 1.165) is 36.8 Å². The van der Waals surface area contributed by atoms with Crippen LogP contribution in [0.2, 0.25) is 0 Å². The first-order valence-corrected chi connectivity index (χ1v) is 18.8. The van der Waals surface area contributed by atoms with Crippen molar-refractivity contribution in [2.45, 2.75) is 211 Å². The van der Waals surface area contributed by atoms with Gasteiger partial charge in [0.25, 0.3) is 0 Å². The van der Waals surface area contributed by atoms with Gasteiger partial charge in [0.05, 0.1) is 0 Å². The van der Waals surface area contributed by atoms with Crippen molar-refractivity contribution in [1.29, 1.82) is 0 Å². The Balaban J connectivity index is 2.59. The van der Waals surface area contributed by atoms with Gasteiger partial charge in [-0.25, -0.2) is 0 Å². The Morgan fingerprint density at radius 3 is 1.20 bits per heavy atom. The van der Waals surface area contributed by atoms with Crippen LogP contribution in [-0.2, 0) is 17.9 Å². The Hall–Kier alpha value is -0.630. The van der Waals surface area contributed by atoms with Crippen molar-refractivity contribution < 1.29 is 5.11 Å². The lowest BCUT2D eigenvalue weighted by molar-refractivity contribution is 0.343. The van der Waals surface area contributed by atoms with Crippen LogP contribution in [0.5, 0.6) is 5.75 Å². The van der Waals surface area contributed by atoms with Crippen molar-refractivity contribution in [2.75, 3.05) is 0 Å². The van der Waals surface area contributed by atoms with Crippen molar-refractivity contribution >= 4 is 11.8 Å². The summed E-state index contributed by atoms with van der Waals surface area (Å²) in [5, 5.41) is 13.5. The van der Waals surface area contributed by atoms with E-state index in [2.05, 4.69) is 46.8 Å². The summed E-state index contributed by atoms with van der Waals surface area (Å²) >= 11 is 2.01. The highest BCUT2D eigenvalue weighted by Gasteiger charge is 2.21. The number of hydrogen-bond donors (Lipinski definition) is 0. The minimum atomic E-state index is 0.225. The SMILES string of the molecule is CCCCCCCCCCCCc1cc(SC(C)(C)CCCCC)cc(CCCCCCCCCCCC)c1[O]. The molecule has 2 heteroatoms. The van der Waals surface area contributed by atoms with Crippen molar-refractivity contribution in [3.05, 3.63) is 23.3 Å². The van der Waals surface area contributed by atoms with Gasteiger partial charge in [0, 0.05) is 20.8 Å². The molecule has 1 radical (unpaired) electrons. The summed E-state index contributed by atoms with van der Waals surface area (Å²) in [5.74, 6) is 0.361. The molecule has 40 heavy (non-hydrogen) atoms. The molecule has 0 aliphatic rings. The molecule has 0 atom stereocenters. The van der Waals surface area contributed by atoms with Crippen molar-refractivity contribution in [2.24, 2.45) is 0 Å². The van der Waals surface area contributed by atoms with Crippen LogP contribution in [0.15, 0.2) is 17.0 Å². The highest BCUT2D eigenvalue weighted by Crippen LogP contribution is 2.40. The van der Waals surface area contributed by atoms with Crippen LogP contribution in [0, 0.1) is 0 Å². The van der Waals surface area contributed by atoms with Crippen molar-refractivity contribution in [1.82, 2.24) is 0 Å². The maximum absolute atomic E-state index is 13.5. The van der Waals surface area contributed by atoms with Gasteiger partial charge in [0.2, 0.25) is 0 Å². The maximum Gasteiger partial charge on any atom is 0.185 e. The molecule has 0 bridgehead atoms. The second-order valence-electron chi connectivity index (χ2n) is 13.3. The van der Waals surface area contributed by atoms with E-state index in [1.165, 1.54) is 146 Å². The Bertz CT molecular complexity index is 664. The zero-order chi connectivity index (χ0) is 29.3. The van der Waals surface area contributed by atoms with Gasteiger partial charge in [0.15, 0.2) is 5.75 Å². The lowest BCUT2D eigenvalue weighted by atomic mass is 9.98. The summed E-state index contributed by atoms with van der Waals surface area (Å²) in [5.41, 5.74) is 2.19. The normalized spacial score (nSPS) is 11.9. The predicted molar refractivity (Wildman–Crippen MR) is 182 cm³/mol. The summed E-state index contributed by atoms with van der Waals surface area (Å²) in [6, 6.07) is 4.54. The molecule has 0 aliphatic carbocycles. The Morgan fingerprint density at radius 2 is 0.825 bits per heavy atom. The highest BCUT2D eigenvalue weighted by molar-refractivity contribution is 8.00. The molecular formula is C38H69OS. The van der Waals surface area contributed by atoms with Crippen LogP contribution in [0.3, 0.4) is 0 Å². The average molecular weight is 574 g/mol. The molecule has 1 aromatic carbocycles. The van der Waals surface area contributed by atoms with Gasteiger partial charge in [-0.1, -0.05) is 169 Å². The standard InChI is InChI=1S/C38H69OS/c1-6-9-12-14-16-18-20-22-24-26-29-34-32-36(40-38(4,5)31-28-11-8-3)33-35(37(34)39)30-27-25-23-21-19-17-15-13-10-7-2/h32-33H,6-31H2,1-5H3. The lowest BCUT2D eigenvalue weighted by Crippen LogP contribution is -2.14. The van der Waals surface area contributed by atoms with E-state index < -0.39 is 0 Å². The fourth-order valence-electron chi connectivity index (χ4n) is 5.93. The molecule has 0 saturated heterocycles. The zero-order valence-corrected chi connectivity index (χ0v) is 28.7. The smallest absolute Gasteiger partial charge is 0.185 e. The third-order valence-electron chi connectivity index (χ3n) is 8.59. The number of thioether (sulfide) groups is 1. The fraction of sp³-hybridized carbons (Fsp3) is 0.842. The van der Waals surface area contributed by atoms with Crippen molar-refractivity contribution in [3.63, 3.8) is 0 Å². The average Bonchev–Trinajstić information content (AvgIpc) is 2.92. The predicted octanol–water partition coefficient (Wildman–Crippen LogP) is 14.2. The van der Waals surface area contributed by atoms with Gasteiger partial charge in [-0.3, -0.25) is 5.11 Å². The van der Waals surface area contributed by atoms with Gasteiger partial charge in [0.1, 0.15) is 0 Å². The van der Waals surface area contributed by atoms with Crippen LogP contribution >= 0.6 is 11.8 Å². The minimum Gasteiger partial charge on any atom is -0.289 e. The van der Waals surface area contributed by atoms with Gasteiger partial charge >= 0.3 is 0 Å². The number of hydrogen-bond acceptors (Lipinski definition) is 1. The third kappa shape index (κ3) is 19.5. The largest absolute Gasteiger partial charge is 0.289 e. The van der Waals surface area contributed by atoms with Crippen LogP contribution in [0.25, 0.3) is 0 Å². The lowest BCUT2D eigenvalue weighted by Gasteiger charge is -2.25. The van der Waals surface area contributed by atoms with E-state index in [1.807, 2.05) is 11.8 Å². The molecule has 0 fully saturated rings. The summed E-state index contributed by atoms with van der Waals surface area (Å²) in [6.45, 7) is 11.6. The molecule has 1 aromatic rings. The second-order valence-corrected chi connectivity index (χ2v) is 15.0. The molecule has 0 aliphatic heterocycles. The molecule has 0 amide bonds. The fourth-order valence-corrected chi connectivity index (χ4v) is 7.22. The summed E-state index contributed by atoms with van der Waals surface area (Å²) in [4.78, 5) is 1.34. The van der Waals surface area contributed by atoms with Crippen LogP contribution < -0.4 is 0 Å². The van der Waals surface area contributed by atoms with E-state index in [1.54, 1.807) is 0 Å². The number of unbranched alkanes of at least 4 members (excludes halogenated alkanes) is 20. The zero-order valence-electron chi connectivity index (χ0n) is 27.9. The van der Waals surface area contributed by atoms with Crippen LogP contribution in [-0.4, -0.2) is 4.75 Å². The third-order valence-corrected chi connectivity index (χ3v) is 9.82. The van der Waals surface area contributed by atoms with Gasteiger partial charge in [-0.05, 0) is 44.2 Å². The highest BCUT2D eigenvalue weighted by atomic mass is 32.2. The molecule has 233 valence electrons. The van der Waals surface area contributed by atoms with Gasteiger partial charge < -0.3 is 0 Å². The number of rotatable bonds is 28.